The molecule has 1 aromatic carbocycles. The van der Waals surface area contributed by atoms with Crippen LogP contribution in [0.3, 0.4) is 0 Å². The van der Waals surface area contributed by atoms with E-state index in [1.807, 2.05) is 53.8 Å². The number of fused-ring (bicyclic) bond motifs is 1. The van der Waals surface area contributed by atoms with Crippen molar-refractivity contribution in [1.82, 2.24) is 19.7 Å². The lowest BCUT2D eigenvalue weighted by Gasteiger charge is -2.34. The molecule has 0 unspecified atom stereocenters. The maximum absolute atomic E-state index is 12.4. The average Bonchev–Trinajstić information content (AvgIpc) is 3.11. The van der Waals surface area contributed by atoms with E-state index in [2.05, 4.69) is 29.4 Å². The van der Waals surface area contributed by atoms with E-state index in [4.69, 9.17) is 0 Å². The van der Waals surface area contributed by atoms with Crippen LogP contribution in [-0.2, 0) is 11.3 Å². The van der Waals surface area contributed by atoms with E-state index in [0.29, 0.717) is 25.7 Å². The van der Waals surface area contributed by atoms with Crippen LogP contribution in [0.4, 0.5) is 10.5 Å². The second-order valence-electron chi connectivity index (χ2n) is 8.29. The number of hydrogen-bond acceptors (Lipinski definition) is 3. The van der Waals surface area contributed by atoms with Gasteiger partial charge in [0.05, 0.1) is 0 Å². The molecule has 3 amide bonds. The van der Waals surface area contributed by atoms with Gasteiger partial charge in [-0.3, -0.25) is 4.79 Å². The molecule has 7 heteroatoms. The quantitative estimate of drug-likeness (QED) is 0.730. The molecule has 2 heterocycles. The summed E-state index contributed by atoms with van der Waals surface area (Å²) in [5, 5.41) is 7.06. The summed E-state index contributed by atoms with van der Waals surface area (Å²) in [6.45, 7) is 12.2. The van der Waals surface area contributed by atoms with E-state index >= 15 is 0 Å². The molecule has 0 atom stereocenters. The van der Waals surface area contributed by atoms with Gasteiger partial charge in [0.1, 0.15) is 6.54 Å². The number of likely N-dealkylation sites (N-methyl/N-ethyl adjacent to an activating group) is 1. The van der Waals surface area contributed by atoms with Crippen LogP contribution >= 0.6 is 0 Å². The Bertz CT molecular complexity index is 864. The van der Waals surface area contributed by atoms with Gasteiger partial charge in [-0.15, -0.1) is 0 Å². The molecular weight excluding hydrogens is 378 g/mol. The molecule has 1 saturated heterocycles. The summed E-state index contributed by atoms with van der Waals surface area (Å²) >= 11 is 0. The molecule has 1 aliphatic heterocycles. The van der Waals surface area contributed by atoms with Gasteiger partial charge in [0.15, 0.2) is 0 Å². The summed E-state index contributed by atoms with van der Waals surface area (Å²) < 4.78 is 1.96. The van der Waals surface area contributed by atoms with Crippen molar-refractivity contribution in [2.45, 2.75) is 59.2 Å². The highest BCUT2D eigenvalue weighted by molar-refractivity contribution is 5.93. The van der Waals surface area contributed by atoms with Crippen molar-refractivity contribution in [3.8, 4) is 0 Å². The first-order valence-corrected chi connectivity index (χ1v) is 11.1. The number of aromatic nitrogens is 1. The third-order valence-electron chi connectivity index (χ3n) is 6.05. The largest absolute Gasteiger partial charge is 0.342 e. The van der Waals surface area contributed by atoms with Gasteiger partial charge in [-0.2, -0.15) is 0 Å². The standard InChI is InChI=1S/C23H35N5O2/c1-5-26(6-2)22(29)16-28-12-9-18-15-20(7-8-21(18)28)25-23(30)24-19-10-13-27(14-11-19)17(3)4/h7-9,12,15,17,19H,5-6,10-11,13-14,16H2,1-4H3,(H2,24,25,30). The maximum Gasteiger partial charge on any atom is 0.319 e. The molecule has 7 nitrogen and oxygen atoms in total. The number of likely N-dealkylation sites (tertiary alicyclic amines) is 1. The van der Waals surface area contributed by atoms with Gasteiger partial charge in [0.25, 0.3) is 0 Å². The van der Waals surface area contributed by atoms with Crippen molar-refractivity contribution in [1.29, 1.82) is 0 Å². The number of rotatable bonds is 7. The Labute approximate surface area is 179 Å². The predicted octanol–water partition coefficient (Wildman–Crippen LogP) is 3.50. The average molecular weight is 414 g/mol. The SMILES string of the molecule is CCN(CC)C(=O)Cn1ccc2cc(NC(=O)NC3CCN(C(C)C)CC3)ccc21. The minimum absolute atomic E-state index is 0.114. The highest BCUT2D eigenvalue weighted by Gasteiger charge is 2.22. The molecule has 0 saturated carbocycles. The number of nitrogens with one attached hydrogen (secondary N) is 2. The zero-order valence-corrected chi connectivity index (χ0v) is 18.6. The fourth-order valence-corrected chi connectivity index (χ4v) is 4.15. The Balaban J connectivity index is 1.57. The Hall–Kier alpha value is -2.54. The van der Waals surface area contributed by atoms with Gasteiger partial charge in [-0.25, -0.2) is 4.79 Å². The summed E-state index contributed by atoms with van der Waals surface area (Å²) in [5.41, 5.74) is 1.75. The number of anilines is 1. The lowest BCUT2D eigenvalue weighted by atomic mass is 10.0. The molecule has 0 aliphatic carbocycles. The first-order chi connectivity index (χ1) is 14.4. The van der Waals surface area contributed by atoms with Crippen LogP contribution in [0.15, 0.2) is 30.5 Å². The molecule has 164 valence electrons. The highest BCUT2D eigenvalue weighted by atomic mass is 16.2. The van der Waals surface area contributed by atoms with E-state index < -0.39 is 0 Å². The van der Waals surface area contributed by atoms with Crippen molar-refractivity contribution >= 4 is 28.5 Å². The third kappa shape index (κ3) is 5.33. The normalized spacial score (nSPS) is 15.5. The zero-order valence-electron chi connectivity index (χ0n) is 18.6. The fraction of sp³-hybridized carbons (Fsp3) is 0.565. The number of carbonyl (C=O) groups excluding carboxylic acids is 2. The fourth-order valence-electron chi connectivity index (χ4n) is 4.15. The number of amides is 3. The van der Waals surface area contributed by atoms with Crippen molar-refractivity contribution < 1.29 is 9.59 Å². The minimum atomic E-state index is -0.159. The van der Waals surface area contributed by atoms with Crippen LogP contribution in [-0.4, -0.2) is 64.6 Å². The predicted molar refractivity (Wildman–Crippen MR) is 122 cm³/mol. The van der Waals surface area contributed by atoms with Crippen LogP contribution in [0, 0.1) is 0 Å². The molecule has 1 aromatic heterocycles. The Morgan fingerprint density at radius 3 is 2.47 bits per heavy atom. The van der Waals surface area contributed by atoms with Crippen molar-refractivity contribution in [3.63, 3.8) is 0 Å². The van der Waals surface area contributed by atoms with E-state index in [9.17, 15) is 9.59 Å². The first-order valence-electron chi connectivity index (χ1n) is 11.1. The topological polar surface area (TPSA) is 69.6 Å². The van der Waals surface area contributed by atoms with Gasteiger partial charge in [0, 0.05) is 61.0 Å². The van der Waals surface area contributed by atoms with Crippen LogP contribution in [0.1, 0.15) is 40.5 Å². The summed E-state index contributed by atoms with van der Waals surface area (Å²) in [5.74, 6) is 0.114. The molecule has 30 heavy (non-hydrogen) atoms. The van der Waals surface area contributed by atoms with Crippen LogP contribution < -0.4 is 10.6 Å². The summed E-state index contributed by atoms with van der Waals surface area (Å²) in [6.07, 6.45) is 3.89. The van der Waals surface area contributed by atoms with Crippen LogP contribution in [0.5, 0.6) is 0 Å². The van der Waals surface area contributed by atoms with Gasteiger partial charge in [-0.1, -0.05) is 0 Å². The molecule has 2 aromatic rings. The first kappa shape index (κ1) is 22.2. The van der Waals surface area contributed by atoms with Crippen LogP contribution in [0.25, 0.3) is 10.9 Å². The molecule has 1 fully saturated rings. The van der Waals surface area contributed by atoms with E-state index in [0.717, 1.165) is 42.5 Å². The van der Waals surface area contributed by atoms with Crippen molar-refractivity contribution in [3.05, 3.63) is 30.5 Å². The number of benzene rings is 1. The van der Waals surface area contributed by atoms with E-state index in [1.165, 1.54) is 0 Å². The van der Waals surface area contributed by atoms with Gasteiger partial charge in [0.2, 0.25) is 5.91 Å². The Morgan fingerprint density at radius 1 is 1.13 bits per heavy atom. The highest BCUT2D eigenvalue weighted by Crippen LogP contribution is 2.21. The number of nitrogens with zero attached hydrogens (tertiary/aromatic N) is 3. The van der Waals surface area contributed by atoms with Gasteiger partial charge in [-0.05, 0) is 64.8 Å². The minimum Gasteiger partial charge on any atom is -0.342 e. The van der Waals surface area contributed by atoms with Gasteiger partial charge >= 0.3 is 6.03 Å². The number of hydrogen-bond donors (Lipinski definition) is 2. The number of urea groups is 1. The Kier molecular flexibility index (Phi) is 7.37. The second-order valence-corrected chi connectivity index (χ2v) is 8.29. The molecular formula is C23H35N5O2. The smallest absolute Gasteiger partial charge is 0.319 e. The van der Waals surface area contributed by atoms with E-state index in [-0.39, 0.29) is 18.0 Å². The molecule has 0 bridgehead atoms. The maximum atomic E-state index is 12.4. The zero-order chi connectivity index (χ0) is 21.7. The summed E-state index contributed by atoms with van der Waals surface area (Å²) in [7, 11) is 0. The summed E-state index contributed by atoms with van der Waals surface area (Å²) in [6, 6.07) is 8.40. The van der Waals surface area contributed by atoms with E-state index in [1.54, 1.807) is 0 Å². The Morgan fingerprint density at radius 2 is 1.83 bits per heavy atom. The second kappa shape index (κ2) is 9.98. The lowest BCUT2D eigenvalue weighted by Crippen LogP contribution is -2.47. The number of carbonyl (C=O) groups is 2. The molecule has 1 aliphatic rings. The lowest BCUT2D eigenvalue weighted by molar-refractivity contribution is -0.131. The molecule has 2 N–H and O–H groups in total. The van der Waals surface area contributed by atoms with Crippen molar-refractivity contribution in [2.24, 2.45) is 0 Å². The number of piperidine rings is 1. The van der Waals surface area contributed by atoms with Crippen LogP contribution in [0.2, 0.25) is 0 Å². The van der Waals surface area contributed by atoms with Crippen molar-refractivity contribution in [2.75, 3.05) is 31.5 Å². The molecule has 0 spiro atoms. The molecule has 3 rings (SSSR count). The summed E-state index contributed by atoms with van der Waals surface area (Å²) in [4.78, 5) is 29.1. The molecule has 0 radical (unpaired) electrons. The third-order valence-corrected chi connectivity index (χ3v) is 6.05. The monoisotopic (exact) mass is 413 g/mol. The van der Waals surface area contributed by atoms with Gasteiger partial charge < -0.3 is 25.0 Å².